The van der Waals surface area contributed by atoms with Gasteiger partial charge in [0.25, 0.3) is 11.8 Å². The molecule has 0 bridgehead atoms. The SMILES string of the molecule is CC(O)[C@@H]1NC(=O)[C@H](Cc2ccccc2)NC(=O)[C@H](C(C)O)NC(=O)[C@H](CCCCN)NC(=O)[C@H](Cc2c[nH]c3ccccc23)NC(=O)[C@H](Cc2ccccc2)NC(=O)[C@H](Cc2ccccc2)NC(=O)[C@H](CC(N)=O)NC(=O)[C@H](CCCCN)NC(=O)[C@@H](NC(=O)CNC(=O)[C@H](C)N)CSSC[C@@H](C(=O)O)NC(=O)[C@H](CO)NC1=O.CN1C(=O)C=CC1=O. The number of carbonyl (C=O) groups excluding carboxylic acids is 16. The Morgan fingerprint density at radius 1 is 0.480 bits per heavy atom. The molecule has 4 aromatic carbocycles. The summed E-state index contributed by atoms with van der Waals surface area (Å²) < 4.78 is 0. The largest absolute Gasteiger partial charge is 0.480 e. The highest BCUT2D eigenvalue weighted by molar-refractivity contribution is 8.76. The van der Waals surface area contributed by atoms with Crippen LogP contribution in [0.1, 0.15) is 88.0 Å². The number of carbonyl (C=O) groups is 17. The van der Waals surface area contributed by atoms with Gasteiger partial charge < -0.3 is 117 Å². The van der Waals surface area contributed by atoms with Gasteiger partial charge in [-0.2, -0.15) is 0 Å². The quantitative estimate of drug-likeness (QED) is 0.0140. The van der Waals surface area contributed by atoms with Crippen LogP contribution in [0, 0.1) is 0 Å². The number of aliphatic carboxylic acids is 1. The molecule has 0 saturated carbocycles. The summed E-state index contributed by atoms with van der Waals surface area (Å²) in [5, 5.41) is 76.1. The lowest BCUT2D eigenvalue weighted by molar-refractivity contribution is -0.142. The number of unbranched alkanes of at least 4 members (excludes halogenated alkanes) is 2. The van der Waals surface area contributed by atoms with E-state index < -0.39 is 210 Å². The number of hydrogen-bond donors (Lipinski definition) is 22. The lowest BCUT2D eigenvalue weighted by Gasteiger charge is -2.29. The number of carboxylic acid groups (broad SMARTS) is 1. The number of aliphatic hydroxyl groups is 3. The molecule has 1 aromatic heterocycles. The van der Waals surface area contributed by atoms with E-state index in [1.807, 2.05) is 0 Å². The number of aromatic amines is 1. The summed E-state index contributed by atoms with van der Waals surface area (Å²) in [5.41, 5.74) is 25.6. The van der Waals surface area contributed by atoms with Crippen molar-refractivity contribution in [2.45, 2.75) is 182 Å². The van der Waals surface area contributed by atoms with Crippen molar-refractivity contribution in [1.29, 1.82) is 0 Å². The maximum atomic E-state index is 15.4. The Morgan fingerprint density at radius 2 is 0.862 bits per heavy atom. The topological polar surface area (TPSA) is 651 Å². The van der Waals surface area contributed by atoms with Crippen molar-refractivity contribution >= 4 is 133 Å². The first-order valence-corrected chi connectivity index (χ1v) is 42.1. The second kappa shape index (κ2) is 50.9. The minimum atomic E-state index is -1.99. The van der Waals surface area contributed by atoms with Crippen LogP contribution in [-0.4, -0.2) is 266 Å². The van der Waals surface area contributed by atoms with Crippen LogP contribution in [0.4, 0.5) is 0 Å². The van der Waals surface area contributed by atoms with Gasteiger partial charge in [0, 0.05) is 73.5 Å². The summed E-state index contributed by atoms with van der Waals surface area (Å²) in [6.07, 6.45) is -0.971. The first-order valence-electron chi connectivity index (χ1n) is 39.6. The molecule has 666 valence electrons. The van der Waals surface area contributed by atoms with E-state index in [-0.39, 0.29) is 82.7 Å². The van der Waals surface area contributed by atoms with Gasteiger partial charge >= 0.3 is 5.97 Å². The van der Waals surface area contributed by atoms with Crippen molar-refractivity contribution in [3.05, 3.63) is 156 Å². The van der Waals surface area contributed by atoms with Crippen molar-refractivity contribution < 1.29 is 102 Å². The molecule has 1 saturated heterocycles. The number of para-hydroxylation sites is 1. The van der Waals surface area contributed by atoms with Gasteiger partial charge in [0.1, 0.15) is 72.5 Å². The van der Waals surface area contributed by atoms with Crippen LogP contribution in [0.5, 0.6) is 0 Å². The predicted octanol–water partition coefficient (Wildman–Crippen LogP) is -5.37. The number of rotatable bonds is 26. The number of benzene rings is 4. The molecule has 7 rings (SSSR count). The molecule has 1 fully saturated rings. The van der Waals surface area contributed by atoms with Crippen LogP contribution in [0.25, 0.3) is 10.9 Å². The molecule has 2 unspecified atom stereocenters. The molecule has 0 aliphatic carbocycles. The summed E-state index contributed by atoms with van der Waals surface area (Å²) in [6, 6.07) is 9.57. The molecule has 2 aliphatic rings. The van der Waals surface area contributed by atoms with Gasteiger partial charge in [-0.3, -0.25) is 81.6 Å². The lowest BCUT2D eigenvalue weighted by Crippen LogP contribution is -2.63. The zero-order valence-corrected chi connectivity index (χ0v) is 69.8. The second-order valence-corrected chi connectivity index (χ2v) is 31.7. The number of imide groups is 1. The summed E-state index contributed by atoms with van der Waals surface area (Å²) >= 11 is 0. The minimum absolute atomic E-state index is 0.104. The Kier molecular flexibility index (Phi) is 41.2. The zero-order valence-electron chi connectivity index (χ0n) is 68.2. The molecule has 40 nitrogen and oxygen atoms in total. The van der Waals surface area contributed by atoms with Crippen LogP contribution in [0.2, 0.25) is 0 Å². The standard InChI is InChI=1S/C76H104N18O19S2.C5H5NO2/c1-41(79)64(100)82-37-61(99)83-58-39-114-115-40-59(76(112)113)92-72(108)57(38-95)91-75(111)63(43(3)97)94-71(107)54(33-46-23-11-6-12-24-46)90-74(110)62(42(2)96)93-66(102)51(28-16-18-30-78)84-69(105)55(34-47-36-81-49-26-14-13-25-48(47)49)88-68(104)53(32-45-21-9-5-10-22-45)86-67(103)52(31-44-19-7-4-8-20-44)87-70(106)56(35-60(80)98)89-65(101)50(85-73(58)109)27-15-17-29-77;1-6-4(7)2-3-5(6)8/h4-14,19-26,36,41-43,50-59,62-63,81,95-97H,15-18,27-35,37-40,77-79H2,1-3H3,(H2,80,98)(H,82,100)(H,83,99)(H,84,105)(H,85,109)(H,86,103)(H,87,106)(H,88,104)(H,89,101)(H,90,110)(H,91,111)(H,92,108)(H,93,102)(H,94,107)(H,112,113);2-3H,1H3/t41-,42?,43?,50-,51-,52-,53-,54-,55-,56-,57-,58-,59-,62-,63-;/m0./s1. The van der Waals surface area contributed by atoms with Crippen molar-refractivity contribution in [1.82, 2.24) is 79.0 Å². The molecule has 0 spiro atoms. The number of nitrogens with one attached hydrogen (secondary N) is 14. The van der Waals surface area contributed by atoms with E-state index in [0.29, 0.717) is 39.6 Å². The van der Waals surface area contributed by atoms with Gasteiger partial charge in [-0.05, 0) is 101 Å². The Morgan fingerprint density at radius 3 is 1.29 bits per heavy atom. The number of nitrogens with zero attached hydrogens (tertiary/aromatic N) is 1. The number of hydrogen-bond acceptors (Lipinski definition) is 25. The molecule has 0 radical (unpaired) electrons. The molecule has 3 heterocycles. The van der Waals surface area contributed by atoms with Gasteiger partial charge in [-0.25, -0.2) is 4.79 Å². The smallest absolute Gasteiger partial charge is 0.327 e. The van der Waals surface area contributed by atoms with E-state index in [4.69, 9.17) is 22.9 Å². The van der Waals surface area contributed by atoms with Crippen LogP contribution in [0.3, 0.4) is 0 Å². The fourth-order valence-corrected chi connectivity index (χ4v) is 14.7. The summed E-state index contributed by atoms with van der Waals surface area (Å²) in [5.74, 6) is -18.2. The number of fused-ring (bicyclic) bond motifs is 1. The van der Waals surface area contributed by atoms with Gasteiger partial charge in [0.05, 0.1) is 37.8 Å². The first kappa shape index (κ1) is 99.6. The van der Waals surface area contributed by atoms with Crippen LogP contribution in [0.15, 0.2) is 134 Å². The number of H-pyrrole nitrogens is 1. The summed E-state index contributed by atoms with van der Waals surface area (Å²) in [4.78, 5) is 239. The van der Waals surface area contributed by atoms with Crippen molar-refractivity contribution in [3.8, 4) is 0 Å². The molecular weight excluding hydrogens is 1640 g/mol. The molecule has 16 amide bonds. The lowest BCUT2D eigenvalue weighted by atomic mass is 10.00. The number of likely N-dealkylation sites (N-methyl/N-ethyl adjacent to an activating group) is 1. The molecular formula is C81H109N19O21S2. The molecule has 15 atom stereocenters. The zero-order chi connectivity index (χ0) is 90.4. The minimum Gasteiger partial charge on any atom is -0.480 e. The molecule has 26 N–H and O–H groups in total. The van der Waals surface area contributed by atoms with E-state index in [2.05, 4.69) is 74.1 Å². The molecule has 2 aliphatic heterocycles. The Hall–Kier alpha value is -12.2. The maximum absolute atomic E-state index is 15.4. The van der Waals surface area contributed by atoms with E-state index in [9.17, 15) is 87.5 Å². The number of amides is 16. The van der Waals surface area contributed by atoms with E-state index in [1.54, 1.807) is 121 Å². The van der Waals surface area contributed by atoms with Crippen LogP contribution in [-0.2, 0) is 107 Å². The highest BCUT2D eigenvalue weighted by Crippen LogP contribution is 2.25. The van der Waals surface area contributed by atoms with E-state index >= 15 is 14.4 Å². The van der Waals surface area contributed by atoms with Gasteiger partial charge in [0.15, 0.2) is 0 Å². The van der Waals surface area contributed by atoms with E-state index in [0.717, 1.165) is 40.3 Å². The average Bonchev–Trinajstić information content (AvgIpc) is 1.70. The Balaban J connectivity index is 0.00000276. The fourth-order valence-electron chi connectivity index (χ4n) is 12.4. The van der Waals surface area contributed by atoms with Crippen molar-refractivity contribution in [3.63, 3.8) is 0 Å². The average molecular weight is 1750 g/mol. The predicted molar refractivity (Wildman–Crippen MR) is 452 cm³/mol. The molecule has 42 heteroatoms. The Bertz CT molecular complexity index is 4490. The number of nitrogens with two attached hydrogens (primary N) is 4. The number of primary amides is 1. The summed E-state index contributed by atoms with van der Waals surface area (Å²) in [7, 11) is 2.94. The third kappa shape index (κ3) is 33.0. The van der Waals surface area contributed by atoms with Gasteiger partial charge in [-0.1, -0.05) is 131 Å². The number of aromatic nitrogens is 1. The van der Waals surface area contributed by atoms with Gasteiger partial charge in [-0.15, -0.1) is 0 Å². The highest BCUT2D eigenvalue weighted by Gasteiger charge is 2.40. The third-order valence-corrected chi connectivity index (χ3v) is 21.7. The van der Waals surface area contributed by atoms with Gasteiger partial charge in [0.2, 0.25) is 82.7 Å². The van der Waals surface area contributed by atoms with Crippen molar-refractivity contribution in [2.24, 2.45) is 22.9 Å². The van der Waals surface area contributed by atoms with E-state index in [1.165, 1.54) is 26.1 Å². The number of carboxylic acids is 1. The highest BCUT2D eigenvalue weighted by atomic mass is 33.1. The normalized spacial score (nSPS) is 23.4. The molecule has 5 aromatic rings. The Labute approximate surface area is 716 Å². The van der Waals surface area contributed by atoms with Crippen LogP contribution < -0.4 is 92.1 Å². The second-order valence-electron chi connectivity index (χ2n) is 29.2. The first-order chi connectivity index (χ1) is 58.6. The molecule has 123 heavy (non-hydrogen) atoms. The maximum Gasteiger partial charge on any atom is 0.327 e. The van der Waals surface area contributed by atoms with Crippen molar-refractivity contribution in [2.75, 3.05) is 44.8 Å². The number of aliphatic hydroxyl groups excluding tert-OH is 3. The van der Waals surface area contributed by atoms with Crippen LogP contribution >= 0.6 is 21.6 Å². The monoisotopic (exact) mass is 1750 g/mol. The summed E-state index contributed by atoms with van der Waals surface area (Å²) in [6.45, 7) is 1.88. The fraction of sp³-hybridized carbons (Fsp3) is 0.444. The third-order valence-electron chi connectivity index (χ3n) is 19.3.